The van der Waals surface area contributed by atoms with Crippen molar-refractivity contribution >= 4 is 11.8 Å². The first-order valence-electron chi connectivity index (χ1n) is 5.28. The maximum absolute atomic E-state index is 11.4. The summed E-state index contributed by atoms with van der Waals surface area (Å²) in [5.74, 6) is -0.857. The fourth-order valence-electron chi connectivity index (χ4n) is 2.33. The average molecular weight is 218 g/mol. The zero-order valence-electron chi connectivity index (χ0n) is 9.41. The summed E-state index contributed by atoms with van der Waals surface area (Å²) in [6.45, 7) is 3.82. The van der Waals surface area contributed by atoms with Gasteiger partial charge < -0.3 is 5.11 Å². The molecule has 0 atom stereocenters. The third-order valence-electron chi connectivity index (χ3n) is 3.32. The molecule has 2 rings (SSSR count). The molecule has 0 radical (unpaired) electrons. The number of carboxylic acid groups (broad SMARTS) is 1. The second-order valence-electron chi connectivity index (χ2n) is 4.60. The smallest absolute Gasteiger partial charge is 0.315 e. The van der Waals surface area contributed by atoms with Crippen molar-refractivity contribution in [1.82, 2.24) is 0 Å². The molecule has 1 saturated carbocycles. The van der Waals surface area contributed by atoms with Crippen molar-refractivity contribution in [3.63, 3.8) is 0 Å². The lowest BCUT2D eigenvalue weighted by Crippen LogP contribution is -2.48. The van der Waals surface area contributed by atoms with E-state index in [0.717, 1.165) is 16.7 Å². The van der Waals surface area contributed by atoms with Crippen LogP contribution in [0.25, 0.3) is 0 Å². The molecule has 0 aliphatic heterocycles. The van der Waals surface area contributed by atoms with Crippen molar-refractivity contribution < 1.29 is 14.7 Å². The Labute approximate surface area is 94.1 Å². The van der Waals surface area contributed by atoms with Crippen molar-refractivity contribution in [2.45, 2.75) is 32.1 Å². The van der Waals surface area contributed by atoms with Gasteiger partial charge in [0.15, 0.2) is 0 Å². The number of carbonyl (C=O) groups is 2. The molecule has 1 aromatic carbocycles. The van der Waals surface area contributed by atoms with Crippen molar-refractivity contribution in [3.8, 4) is 0 Å². The zero-order chi connectivity index (χ0) is 11.9. The van der Waals surface area contributed by atoms with Crippen LogP contribution in [0.4, 0.5) is 0 Å². The largest absolute Gasteiger partial charge is 0.481 e. The van der Waals surface area contributed by atoms with Crippen molar-refractivity contribution in [3.05, 3.63) is 34.9 Å². The zero-order valence-corrected chi connectivity index (χ0v) is 9.41. The van der Waals surface area contributed by atoms with Crippen LogP contribution in [0.2, 0.25) is 0 Å². The van der Waals surface area contributed by atoms with Gasteiger partial charge in [0, 0.05) is 12.8 Å². The fraction of sp³-hybridized carbons (Fsp3) is 0.385. The monoisotopic (exact) mass is 218 g/mol. The van der Waals surface area contributed by atoms with E-state index >= 15 is 0 Å². The number of hydrogen-bond donors (Lipinski definition) is 1. The van der Waals surface area contributed by atoms with Gasteiger partial charge in [-0.2, -0.15) is 0 Å². The molecule has 1 N–H and O–H groups in total. The van der Waals surface area contributed by atoms with E-state index < -0.39 is 11.4 Å². The van der Waals surface area contributed by atoms with E-state index in [1.165, 1.54) is 0 Å². The van der Waals surface area contributed by atoms with Crippen LogP contribution < -0.4 is 0 Å². The SMILES string of the molecule is Cc1ccc(C)c(C2(C(=O)O)CC(=O)C2)c1. The van der Waals surface area contributed by atoms with E-state index in [2.05, 4.69) is 0 Å². The highest BCUT2D eigenvalue weighted by Gasteiger charge is 2.52. The lowest BCUT2D eigenvalue weighted by atomic mass is 9.62. The molecule has 0 bridgehead atoms. The van der Waals surface area contributed by atoms with Crippen LogP contribution in [-0.2, 0) is 15.0 Å². The number of Topliss-reactive ketones (excluding diaryl/α,β-unsaturated/α-hetero) is 1. The second-order valence-corrected chi connectivity index (χ2v) is 4.60. The second kappa shape index (κ2) is 3.44. The Morgan fingerprint density at radius 2 is 1.94 bits per heavy atom. The Bertz CT molecular complexity index is 466. The Hall–Kier alpha value is -1.64. The molecular formula is C13H14O3. The normalized spacial score (nSPS) is 18.0. The molecule has 3 heteroatoms. The number of hydrogen-bond acceptors (Lipinski definition) is 2. The molecule has 0 saturated heterocycles. The van der Waals surface area contributed by atoms with E-state index in [4.69, 9.17) is 0 Å². The van der Waals surface area contributed by atoms with Crippen LogP contribution in [0.15, 0.2) is 18.2 Å². The molecule has 16 heavy (non-hydrogen) atoms. The van der Waals surface area contributed by atoms with Gasteiger partial charge in [0.25, 0.3) is 0 Å². The lowest BCUT2D eigenvalue weighted by molar-refractivity contribution is -0.153. The maximum atomic E-state index is 11.4. The molecule has 3 nitrogen and oxygen atoms in total. The highest BCUT2D eigenvalue weighted by molar-refractivity contribution is 6.01. The van der Waals surface area contributed by atoms with E-state index in [9.17, 15) is 14.7 Å². The minimum atomic E-state index is -0.965. The molecule has 0 aromatic heterocycles. The summed E-state index contributed by atoms with van der Waals surface area (Å²) < 4.78 is 0. The van der Waals surface area contributed by atoms with Gasteiger partial charge in [-0.25, -0.2) is 0 Å². The lowest BCUT2D eigenvalue weighted by Gasteiger charge is -2.37. The summed E-state index contributed by atoms with van der Waals surface area (Å²) >= 11 is 0. The van der Waals surface area contributed by atoms with Gasteiger partial charge in [-0.05, 0) is 25.0 Å². The topological polar surface area (TPSA) is 54.4 Å². The summed E-state index contributed by atoms with van der Waals surface area (Å²) in [5.41, 5.74) is 1.80. The Morgan fingerprint density at radius 3 is 2.44 bits per heavy atom. The number of benzene rings is 1. The number of rotatable bonds is 2. The standard InChI is InChI=1S/C13H14O3/c1-8-3-4-9(2)11(5-8)13(12(15)16)6-10(14)7-13/h3-5H,6-7H2,1-2H3,(H,15,16). The number of carboxylic acids is 1. The van der Waals surface area contributed by atoms with Crippen molar-refractivity contribution in [2.75, 3.05) is 0 Å². The fourth-order valence-corrected chi connectivity index (χ4v) is 2.33. The third-order valence-corrected chi connectivity index (χ3v) is 3.32. The molecule has 0 amide bonds. The van der Waals surface area contributed by atoms with Crippen LogP contribution in [0.3, 0.4) is 0 Å². The summed E-state index contributed by atoms with van der Waals surface area (Å²) in [6.07, 6.45) is 0.263. The van der Waals surface area contributed by atoms with Crippen LogP contribution in [0.5, 0.6) is 0 Å². The van der Waals surface area contributed by atoms with Crippen LogP contribution in [-0.4, -0.2) is 16.9 Å². The molecule has 1 fully saturated rings. The minimum Gasteiger partial charge on any atom is -0.481 e. The Kier molecular flexibility index (Phi) is 2.34. The Balaban J connectivity index is 2.52. The number of carbonyl (C=O) groups excluding carboxylic acids is 1. The number of aliphatic carboxylic acids is 1. The molecule has 1 aromatic rings. The van der Waals surface area contributed by atoms with Gasteiger partial charge in [-0.15, -0.1) is 0 Å². The van der Waals surface area contributed by atoms with Crippen LogP contribution in [0.1, 0.15) is 29.5 Å². The van der Waals surface area contributed by atoms with Gasteiger partial charge in [-0.1, -0.05) is 23.8 Å². The van der Waals surface area contributed by atoms with E-state index in [1.54, 1.807) is 0 Å². The van der Waals surface area contributed by atoms with Gasteiger partial charge >= 0.3 is 5.97 Å². The van der Waals surface area contributed by atoms with Gasteiger partial charge in [0.2, 0.25) is 0 Å². The summed E-state index contributed by atoms with van der Waals surface area (Å²) in [6, 6.07) is 5.75. The maximum Gasteiger partial charge on any atom is 0.315 e. The molecule has 0 spiro atoms. The van der Waals surface area contributed by atoms with Crippen LogP contribution >= 0.6 is 0 Å². The van der Waals surface area contributed by atoms with E-state index in [-0.39, 0.29) is 18.6 Å². The van der Waals surface area contributed by atoms with Gasteiger partial charge in [-0.3, -0.25) is 9.59 Å². The molecule has 0 heterocycles. The number of aryl methyl sites for hydroxylation is 2. The first kappa shape index (κ1) is 10.9. The summed E-state index contributed by atoms with van der Waals surface area (Å²) in [7, 11) is 0. The predicted octanol–water partition coefficient (Wildman–Crippen LogP) is 1.99. The summed E-state index contributed by atoms with van der Waals surface area (Å²) in [5, 5.41) is 9.32. The summed E-state index contributed by atoms with van der Waals surface area (Å²) in [4.78, 5) is 22.5. The van der Waals surface area contributed by atoms with E-state index in [0.29, 0.717) is 0 Å². The molecule has 1 aliphatic rings. The third kappa shape index (κ3) is 1.43. The molecule has 84 valence electrons. The highest BCUT2D eigenvalue weighted by Crippen LogP contribution is 2.43. The van der Waals surface area contributed by atoms with E-state index in [1.807, 2.05) is 32.0 Å². The minimum absolute atomic E-state index is 0.0308. The van der Waals surface area contributed by atoms with Gasteiger partial charge in [0.05, 0.1) is 0 Å². The number of ketones is 1. The quantitative estimate of drug-likeness (QED) is 0.825. The van der Waals surface area contributed by atoms with Gasteiger partial charge in [0.1, 0.15) is 11.2 Å². The average Bonchev–Trinajstić information content (AvgIpc) is 2.16. The predicted molar refractivity (Wildman–Crippen MR) is 59.5 cm³/mol. The van der Waals surface area contributed by atoms with Crippen molar-refractivity contribution in [1.29, 1.82) is 0 Å². The molecule has 1 aliphatic carbocycles. The first-order valence-corrected chi connectivity index (χ1v) is 5.28. The highest BCUT2D eigenvalue weighted by atomic mass is 16.4. The first-order chi connectivity index (χ1) is 7.45. The van der Waals surface area contributed by atoms with Crippen LogP contribution in [0, 0.1) is 13.8 Å². The Morgan fingerprint density at radius 1 is 1.31 bits per heavy atom. The molecule has 0 unspecified atom stereocenters. The molecular weight excluding hydrogens is 204 g/mol. The van der Waals surface area contributed by atoms with Crippen molar-refractivity contribution in [2.24, 2.45) is 0 Å².